The highest BCUT2D eigenvalue weighted by Gasteiger charge is 2.21. The number of nitrogens with zero attached hydrogens (tertiary/aromatic N) is 1. The molecule has 1 saturated carbocycles. The molecule has 21 heavy (non-hydrogen) atoms. The molecule has 1 fully saturated rings. The largest absolute Gasteiger partial charge is 0.438 e. The number of aromatic nitrogens is 1. The van der Waals surface area contributed by atoms with Crippen LogP contribution in [0.5, 0.6) is 11.6 Å². The number of rotatable bonds is 5. The number of nitrogens with one attached hydrogen (secondary N) is 1. The molecule has 2 aromatic rings. The zero-order valence-corrected chi connectivity index (χ0v) is 13.3. The van der Waals surface area contributed by atoms with Crippen molar-refractivity contribution >= 4 is 15.9 Å². The zero-order chi connectivity index (χ0) is 14.8. The third-order valence-electron chi connectivity index (χ3n) is 3.41. The fourth-order valence-electron chi connectivity index (χ4n) is 2.02. The van der Waals surface area contributed by atoms with Crippen LogP contribution in [0.2, 0.25) is 0 Å². The van der Waals surface area contributed by atoms with Crippen LogP contribution in [-0.4, -0.2) is 11.0 Å². The van der Waals surface area contributed by atoms with Crippen molar-refractivity contribution in [3.05, 3.63) is 51.9 Å². The van der Waals surface area contributed by atoms with Crippen LogP contribution in [0.4, 0.5) is 4.39 Å². The van der Waals surface area contributed by atoms with Crippen molar-refractivity contribution in [1.82, 2.24) is 10.3 Å². The third kappa shape index (κ3) is 3.80. The Balaban J connectivity index is 1.84. The van der Waals surface area contributed by atoms with Crippen LogP contribution in [-0.2, 0) is 6.54 Å². The first kappa shape index (κ1) is 14.5. The minimum absolute atomic E-state index is 0.346. The van der Waals surface area contributed by atoms with Gasteiger partial charge in [0.1, 0.15) is 11.6 Å². The van der Waals surface area contributed by atoms with Crippen LogP contribution in [0, 0.1) is 12.7 Å². The van der Waals surface area contributed by atoms with E-state index >= 15 is 0 Å². The molecule has 0 unspecified atom stereocenters. The van der Waals surface area contributed by atoms with Gasteiger partial charge < -0.3 is 10.1 Å². The monoisotopic (exact) mass is 350 g/mol. The quantitative estimate of drug-likeness (QED) is 0.870. The topological polar surface area (TPSA) is 34.1 Å². The number of hydrogen-bond acceptors (Lipinski definition) is 3. The Labute approximate surface area is 131 Å². The van der Waals surface area contributed by atoms with E-state index in [0.29, 0.717) is 18.5 Å². The van der Waals surface area contributed by atoms with Crippen molar-refractivity contribution in [3.8, 4) is 11.6 Å². The van der Waals surface area contributed by atoms with Crippen LogP contribution in [0.25, 0.3) is 0 Å². The van der Waals surface area contributed by atoms with Crippen LogP contribution < -0.4 is 10.1 Å². The Bertz CT molecular complexity index is 659. The van der Waals surface area contributed by atoms with Gasteiger partial charge in [-0.2, -0.15) is 0 Å². The lowest BCUT2D eigenvalue weighted by molar-refractivity contribution is 0.445. The molecule has 0 aliphatic heterocycles. The molecule has 1 aromatic heterocycles. The molecule has 1 aliphatic carbocycles. The second-order valence-corrected chi connectivity index (χ2v) is 6.20. The van der Waals surface area contributed by atoms with Gasteiger partial charge in [0.2, 0.25) is 5.88 Å². The summed E-state index contributed by atoms with van der Waals surface area (Å²) in [5, 5.41) is 3.36. The Morgan fingerprint density at radius 3 is 2.95 bits per heavy atom. The summed E-state index contributed by atoms with van der Waals surface area (Å²) in [6.45, 7) is 2.53. The first-order valence-corrected chi connectivity index (χ1v) is 7.73. The van der Waals surface area contributed by atoms with E-state index < -0.39 is 0 Å². The summed E-state index contributed by atoms with van der Waals surface area (Å²) in [4.78, 5) is 4.09. The summed E-state index contributed by atoms with van der Waals surface area (Å²) in [6.07, 6.45) is 3.55. The van der Waals surface area contributed by atoms with Crippen molar-refractivity contribution in [2.24, 2.45) is 0 Å². The molecule has 1 aliphatic rings. The first-order valence-electron chi connectivity index (χ1n) is 6.93. The molecule has 1 N–H and O–H groups in total. The van der Waals surface area contributed by atoms with E-state index in [2.05, 4.69) is 26.2 Å². The van der Waals surface area contributed by atoms with Crippen molar-refractivity contribution in [2.45, 2.75) is 32.4 Å². The first-order chi connectivity index (χ1) is 10.1. The normalized spacial score (nSPS) is 14.2. The fourth-order valence-corrected chi connectivity index (χ4v) is 2.36. The molecule has 0 amide bonds. The van der Waals surface area contributed by atoms with E-state index in [9.17, 15) is 4.39 Å². The van der Waals surface area contributed by atoms with Gasteiger partial charge in [0.25, 0.3) is 0 Å². The molecule has 0 bridgehead atoms. The minimum atomic E-state index is -0.346. The zero-order valence-electron chi connectivity index (χ0n) is 11.7. The van der Waals surface area contributed by atoms with Gasteiger partial charge in [-0.05, 0) is 43.5 Å². The molecule has 0 saturated heterocycles. The standard InChI is InChI=1S/C16H16BrFN2O/c1-10-2-3-12(17)7-15(10)21-16-11(6-13(18)9-20-16)8-19-14-4-5-14/h2-3,6-7,9,14,19H,4-5,8H2,1H3. The van der Waals surface area contributed by atoms with E-state index in [-0.39, 0.29) is 5.82 Å². The molecular formula is C16H16BrFN2O. The van der Waals surface area contributed by atoms with Gasteiger partial charge in [-0.15, -0.1) is 0 Å². The maximum atomic E-state index is 13.4. The molecule has 3 rings (SSSR count). The molecule has 0 radical (unpaired) electrons. The Morgan fingerprint density at radius 2 is 2.19 bits per heavy atom. The number of halogens is 2. The average molecular weight is 351 g/mol. The van der Waals surface area contributed by atoms with Crippen LogP contribution >= 0.6 is 15.9 Å². The molecule has 110 valence electrons. The summed E-state index contributed by atoms with van der Waals surface area (Å²) in [6, 6.07) is 7.83. The molecule has 0 atom stereocenters. The van der Waals surface area contributed by atoms with Crippen LogP contribution in [0.3, 0.4) is 0 Å². The van der Waals surface area contributed by atoms with E-state index in [4.69, 9.17) is 4.74 Å². The minimum Gasteiger partial charge on any atom is -0.438 e. The second-order valence-electron chi connectivity index (χ2n) is 5.28. The predicted molar refractivity (Wildman–Crippen MR) is 83.0 cm³/mol. The lowest BCUT2D eigenvalue weighted by Gasteiger charge is -2.12. The fraction of sp³-hybridized carbons (Fsp3) is 0.312. The number of pyridine rings is 1. The summed E-state index contributed by atoms with van der Waals surface area (Å²) >= 11 is 3.43. The molecule has 3 nitrogen and oxygen atoms in total. The highest BCUT2D eigenvalue weighted by atomic mass is 79.9. The maximum absolute atomic E-state index is 13.4. The van der Waals surface area contributed by atoms with Gasteiger partial charge in [-0.3, -0.25) is 0 Å². The summed E-state index contributed by atoms with van der Waals surface area (Å²) < 4.78 is 20.2. The lowest BCUT2D eigenvalue weighted by Crippen LogP contribution is -2.16. The molecule has 1 aromatic carbocycles. The maximum Gasteiger partial charge on any atom is 0.223 e. The third-order valence-corrected chi connectivity index (χ3v) is 3.90. The van der Waals surface area contributed by atoms with Gasteiger partial charge in [-0.1, -0.05) is 22.0 Å². The van der Waals surface area contributed by atoms with E-state index in [0.717, 1.165) is 21.3 Å². The van der Waals surface area contributed by atoms with E-state index in [1.807, 2.05) is 25.1 Å². The molecule has 1 heterocycles. The Kier molecular flexibility index (Phi) is 4.22. The Morgan fingerprint density at radius 1 is 1.38 bits per heavy atom. The Hall–Kier alpha value is -1.46. The molecular weight excluding hydrogens is 335 g/mol. The van der Waals surface area contributed by atoms with Gasteiger partial charge >= 0.3 is 0 Å². The number of benzene rings is 1. The highest BCUT2D eigenvalue weighted by Crippen LogP contribution is 2.29. The van der Waals surface area contributed by atoms with Crippen molar-refractivity contribution in [2.75, 3.05) is 0 Å². The smallest absolute Gasteiger partial charge is 0.223 e. The SMILES string of the molecule is Cc1ccc(Br)cc1Oc1ncc(F)cc1CNC1CC1. The van der Waals surface area contributed by atoms with Gasteiger partial charge in [-0.25, -0.2) is 9.37 Å². The lowest BCUT2D eigenvalue weighted by atomic mass is 10.2. The number of hydrogen-bond donors (Lipinski definition) is 1. The van der Waals surface area contributed by atoms with Gasteiger partial charge in [0.05, 0.1) is 6.20 Å². The number of ether oxygens (including phenoxy) is 1. The van der Waals surface area contributed by atoms with E-state index in [1.165, 1.54) is 25.1 Å². The van der Waals surface area contributed by atoms with E-state index in [1.54, 1.807) is 0 Å². The van der Waals surface area contributed by atoms with Gasteiger partial charge in [0, 0.05) is 22.6 Å². The summed E-state index contributed by atoms with van der Waals surface area (Å²) in [5.41, 5.74) is 1.74. The predicted octanol–water partition coefficient (Wildman–Crippen LogP) is 4.34. The van der Waals surface area contributed by atoms with Crippen molar-refractivity contribution in [1.29, 1.82) is 0 Å². The molecule has 0 spiro atoms. The summed E-state index contributed by atoms with van der Waals surface area (Å²) in [7, 11) is 0. The second kappa shape index (κ2) is 6.12. The average Bonchev–Trinajstić information content (AvgIpc) is 3.27. The van der Waals surface area contributed by atoms with Crippen molar-refractivity contribution < 1.29 is 9.13 Å². The number of aryl methyl sites for hydroxylation is 1. The highest BCUT2D eigenvalue weighted by molar-refractivity contribution is 9.10. The molecule has 5 heteroatoms. The van der Waals surface area contributed by atoms with Crippen LogP contribution in [0.1, 0.15) is 24.0 Å². The van der Waals surface area contributed by atoms with Gasteiger partial charge in [0.15, 0.2) is 0 Å². The summed E-state index contributed by atoms with van der Waals surface area (Å²) in [5.74, 6) is 0.822. The van der Waals surface area contributed by atoms with Crippen LogP contribution in [0.15, 0.2) is 34.9 Å². The van der Waals surface area contributed by atoms with Crippen molar-refractivity contribution in [3.63, 3.8) is 0 Å².